The van der Waals surface area contributed by atoms with Gasteiger partial charge in [0.05, 0.1) is 18.6 Å². The van der Waals surface area contributed by atoms with Crippen molar-refractivity contribution in [3.05, 3.63) is 52.5 Å². The van der Waals surface area contributed by atoms with Gasteiger partial charge in [0.15, 0.2) is 0 Å². The van der Waals surface area contributed by atoms with Crippen molar-refractivity contribution in [2.45, 2.75) is 31.4 Å². The number of amides is 1. The van der Waals surface area contributed by atoms with Crippen molar-refractivity contribution >= 4 is 17.2 Å². The van der Waals surface area contributed by atoms with Crippen LogP contribution in [0.25, 0.3) is 0 Å². The molecule has 0 aliphatic heterocycles. The van der Waals surface area contributed by atoms with E-state index in [9.17, 15) is 9.90 Å². The summed E-state index contributed by atoms with van der Waals surface area (Å²) in [6.07, 6.45) is 5.06. The Morgan fingerprint density at radius 3 is 2.76 bits per heavy atom. The number of hydrogen-bond acceptors (Lipinski definition) is 4. The average Bonchev–Trinajstić information content (AvgIpc) is 2.97. The zero-order valence-electron chi connectivity index (χ0n) is 11.6. The Labute approximate surface area is 127 Å². The highest BCUT2D eigenvalue weighted by Crippen LogP contribution is 2.39. The molecule has 1 fully saturated rings. The summed E-state index contributed by atoms with van der Waals surface area (Å²) in [5.74, 6) is 0.348. The fourth-order valence-corrected chi connectivity index (χ4v) is 3.57. The number of carbonyl (C=O) groups is 1. The Kier molecular flexibility index (Phi) is 4.31. The number of nitrogens with zero attached hydrogens (tertiary/aromatic N) is 1. The minimum atomic E-state index is -0.213. The average molecular weight is 302 g/mol. The number of rotatable bonds is 5. The maximum Gasteiger partial charge on any atom is 0.224 e. The van der Waals surface area contributed by atoms with E-state index in [0.717, 1.165) is 23.3 Å². The van der Waals surface area contributed by atoms with Crippen LogP contribution in [0.4, 0.5) is 0 Å². The summed E-state index contributed by atoms with van der Waals surface area (Å²) >= 11 is 1.65. The van der Waals surface area contributed by atoms with Crippen LogP contribution < -0.4 is 5.32 Å². The molecule has 1 saturated carbocycles. The monoisotopic (exact) mass is 302 g/mol. The van der Waals surface area contributed by atoms with Gasteiger partial charge in [-0.15, -0.1) is 11.3 Å². The Morgan fingerprint density at radius 1 is 1.38 bits per heavy atom. The summed E-state index contributed by atoms with van der Waals surface area (Å²) in [5.41, 5.74) is 0.959. The van der Waals surface area contributed by atoms with Gasteiger partial charge in [0.25, 0.3) is 0 Å². The molecule has 0 aromatic carbocycles. The number of nitrogens with one attached hydrogen (secondary N) is 1. The van der Waals surface area contributed by atoms with Crippen molar-refractivity contribution in [2.24, 2.45) is 5.92 Å². The van der Waals surface area contributed by atoms with Crippen LogP contribution >= 0.6 is 11.3 Å². The van der Waals surface area contributed by atoms with E-state index in [1.54, 1.807) is 23.7 Å². The molecule has 4 nitrogen and oxygen atoms in total. The summed E-state index contributed by atoms with van der Waals surface area (Å²) in [6.45, 7) is 0. The van der Waals surface area contributed by atoms with Crippen molar-refractivity contribution < 1.29 is 9.90 Å². The van der Waals surface area contributed by atoms with Gasteiger partial charge in [0, 0.05) is 17.3 Å². The molecule has 110 valence electrons. The number of aromatic nitrogens is 1. The lowest BCUT2D eigenvalue weighted by molar-refractivity contribution is -0.122. The lowest BCUT2D eigenvalue weighted by atomic mass is 9.76. The fourth-order valence-electron chi connectivity index (χ4n) is 2.70. The molecule has 2 heterocycles. The second-order valence-electron chi connectivity index (χ2n) is 5.48. The van der Waals surface area contributed by atoms with Gasteiger partial charge in [-0.05, 0) is 47.9 Å². The molecule has 0 saturated heterocycles. The molecule has 0 bridgehead atoms. The van der Waals surface area contributed by atoms with Crippen molar-refractivity contribution in [1.29, 1.82) is 0 Å². The molecule has 3 rings (SSSR count). The Morgan fingerprint density at radius 2 is 2.14 bits per heavy atom. The number of aliphatic hydroxyl groups excluding tert-OH is 1. The first-order chi connectivity index (χ1) is 10.2. The van der Waals surface area contributed by atoms with Crippen LogP contribution in [0.3, 0.4) is 0 Å². The van der Waals surface area contributed by atoms with E-state index in [4.69, 9.17) is 0 Å². The van der Waals surface area contributed by atoms with E-state index in [0.29, 0.717) is 12.3 Å². The molecule has 2 aromatic heterocycles. The van der Waals surface area contributed by atoms with E-state index >= 15 is 0 Å². The molecule has 21 heavy (non-hydrogen) atoms. The van der Waals surface area contributed by atoms with E-state index in [1.807, 2.05) is 29.6 Å². The molecule has 1 aliphatic rings. The maximum atomic E-state index is 12.3. The van der Waals surface area contributed by atoms with Crippen LogP contribution in [0.15, 0.2) is 42.0 Å². The summed E-state index contributed by atoms with van der Waals surface area (Å²) in [4.78, 5) is 17.4. The van der Waals surface area contributed by atoms with Gasteiger partial charge in [0.2, 0.25) is 5.91 Å². The molecule has 0 unspecified atom stereocenters. The molecule has 0 spiro atoms. The van der Waals surface area contributed by atoms with Crippen molar-refractivity contribution in [1.82, 2.24) is 10.3 Å². The third-order valence-electron chi connectivity index (χ3n) is 3.90. The van der Waals surface area contributed by atoms with Crippen LogP contribution in [0, 0.1) is 5.92 Å². The van der Waals surface area contributed by atoms with Crippen LogP contribution in [0.2, 0.25) is 0 Å². The normalized spacial score (nSPS) is 22.3. The van der Waals surface area contributed by atoms with E-state index in [-0.39, 0.29) is 18.1 Å². The molecule has 1 atom stereocenters. The van der Waals surface area contributed by atoms with Crippen molar-refractivity contribution in [3.63, 3.8) is 0 Å². The largest absolute Gasteiger partial charge is 0.393 e. The zero-order valence-corrected chi connectivity index (χ0v) is 12.4. The van der Waals surface area contributed by atoms with Crippen LogP contribution in [0.5, 0.6) is 0 Å². The number of thiophene rings is 1. The summed E-state index contributed by atoms with van der Waals surface area (Å²) in [6, 6.07) is 7.77. The first kappa shape index (κ1) is 14.2. The highest BCUT2D eigenvalue weighted by molar-refractivity contribution is 7.10. The standard InChI is InChI=1S/C16H18N2O2S/c19-13-9-12(10-13)16(14-2-1-7-21-14)18-15(20)8-11-3-5-17-6-4-11/h1-7,12-13,16,19H,8-10H2,(H,18,20)/t12?,13?,16-/m1/s1. The molecule has 5 heteroatoms. The van der Waals surface area contributed by atoms with Crippen LogP contribution in [-0.2, 0) is 11.2 Å². The van der Waals surface area contributed by atoms with Crippen LogP contribution in [-0.4, -0.2) is 22.1 Å². The molecular weight excluding hydrogens is 284 g/mol. The molecule has 2 N–H and O–H groups in total. The number of pyridine rings is 1. The molecular formula is C16H18N2O2S. The lowest BCUT2D eigenvalue weighted by Crippen LogP contribution is -2.41. The van der Waals surface area contributed by atoms with Crippen molar-refractivity contribution in [3.8, 4) is 0 Å². The van der Waals surface area contributed by atoms with E-state index in [2.05, 4.69) is 10.3 Å². The first-order valence-electron chi connectivity index (χ1n) is 7.12. The predicted molar refractivity (Wildman–Crippen MR) is 81.9 cm³/mol. The third-order valence-corrected chi connectivity index (χ3v) is 4.86. The third kappa shape index (κ3) is 3.49. The van der Waals surface area contributed by atoms with Gasteiger partial charge in [0.1, 0.15) is 0 Å². The smallest absolute Gasteiger partial charge is 0.224 e. The maximum absolute atomic E-state index is 12.3. The number of aliphatic hydroxyl groups is 1. The number of carbonyl (C=O) groups excluding carboxylic acids is 1. The highest BCUT2D eigenvalue weighted by Gasteiger charge is 2.36. The number of hydrogen-bond donors (Lipinski definition) is 2. The summed E-state index contributed by atoms with van der Waals surface area (Å²) in [5, 5.41) is 14.7. The Balaban J connectivity index is 1.65. The first-order valence-corrected chi connectivity index (χ1v) is 8.00. The summed E-state index contributed by atoms with van der Waals surface area (Å²) < 4.78 is 0. The molecule has 0 radical (unpaired) electrons. The zero-order chi connectivity index (χ0) is 14.7. The second kappa shape index (κ2) is 6.37. The fraction of sp³-hybridized carbons (Fsp3) is 0.375. The van der Waals surface area contributed by atoms with Gasteiger partial charge in [-0.1, -0.05) is 6.07 Å². The van der Waals surface area contributed by atoms with Gasteiger partial charge in [-0.25, -0.2) is 0 Å². The van der Waals surface area contributed by atoms with Gasteiger partial charge >= 0.3 is 0 Å². The quantitative estimate of drug-likeness (QED) is 0.891. The second-order valence-corrected chi connectivity index (χ2v) is 6.46. The molecule has 1 amide bonds. The SMILES string of the molecule is O=C(Cc1ccncc1)N[C@@H](c1cccs1)C1CC(O)C1. The van der Waals surface area contributed by atoms with E-state index in [1.165, 1.54) is 0 Å². The molecule has 1 aliphatic carbocycles. The highest BCUT2D eigenvalue weighted by atomic mass is 32.1. The predicted octanol–water partition coefficient (Wildman–Crippen LogP) is 2.31. The topological polar surface area (TPSA) is 62.2 Å². The van der Waals surface area contributed by atoms with Gasteiger partial charge in [-0.2, -0.15) is 0 Å². The van der Waals surface area contributed by atoms with E-state index < -0.39 is 0 Å². The Hall–Kier alpha value is -1.72. The van der Waals surface area contributed by atoms with Crippen LogP contribution in [0.1, 0.15) is 29.3 Å². The minimum Gasteiger partial charge on any atom is -0.393 e. The minimum absolute atomic E-state index is 0.0148. The van der Waals surface area contributed by atoms with Gasteiger partial charge in [-0.3, -0.25) is 9.78 Å². The molecule has 2 aromatic rings. The summed E-state index contributed by atoms with van der Waals surface area (Å²) in [7, 11) is 0. The Bertz CT molecular complexity index is 580. The lowest BCUT2D eigenvalue weighted by Gasteiger charge is -2.37. The van der Waals surface area contributed by atoms with Gasteiger partial charge < -0.3 is 10.4 Å². The van der Waals surface area contributed by atoms with Crippen molar-refractivity contribution in [2.75, 3.05) is 0 Å².